The maximum Gasteiger partial charge on any atom is 0.308 e. The molecule has 0 N–H and O–H groups in total. The standard InChI is InChI=1S/C30H30N2O6S/c1-21(33)38-26-14-12-25(13-15-26)32-29(34)20-28(30(32)35)31(18-17-22-7-3-2-4-8-22)39(36,37)27-16-11-23-9-5-6-10-24(23)19-27/h5-7,9-16,19,28H,2-4,8,17-18,20H2,1H3. The third-order valence-electron chi connectivity index (χ3n) is 7.19. The number of sulfonamides is 1. The van der Waals surface area contributed by atoms with Gasteiger partial charge in [-0.1, -0.05) is 42.0 Å². The minimum absolute atomic E-state index is 0.0863. The lowest BCUT2D eigenvalue weighted by Gasteiger charge is -2.28. The SMILES string of the molecule is CC(=O)Oc1ccc(N2C(=O)CC(N(CCC3=CCCCC3)S(=O)(=O)c3ccc4ccccc4c3)C2=O)cc1. The van der Waals surface area contributed by atoms with Crippen molar-refractivity contribution in [3.8, 4) is 5.75 Å². The van der Waals surface area contributed by atoms with Gasteiger partial charge in [-0.05, 0) is 79.3 Å². The Bertz CT molecular complexity index is 1560. The molecular formula is C30H30N2O6S. The lowest BCUT2D eigenvalue weighted by Crippen LogP contribution is -2.46. The van der Waals surface area contributed by atoms with Crippen LogP contribution in [0.4, 0.5) is 5.69 Å². The second-order valence-corrected chi connectivity index (χ2v) is 11.7. The zero-order valence-corrected chi connectivity index (χ0v) is 22.5. The summed E-state index contributed by atoms with van der Waals surface area (Å²) < 4.78 is 34.4. The number of benzene rings is 3. The first-order valence-electron chi connectivity index (χ1n) is 13.1. The van der Waals surface area contributed by atoms with E-state index in [2.05, 4.69) is 6.08 Å². The predicted octanol–water partition coefficient (Wildman–Crippen LogP) is 4.98. The van der Waals surface area contributed by atoms with E-state index in [1.165, 1.54) is 41.1 Å². The van der Waals surface area contributed by atoms with Crippen molar-refractivity contribution in [1.82, 2.24) is 4.31 Å². The van der Waals surface area contributed by atoms with Crippen LogP contribution in [0.15, 0.2) is 83.3 Å². The molecule has 1 aliphatic heterocycles. The number of ether oxygens (including phenoxy) is 1. The Kier molecular flexibility index (Phi) is 7.63. The molecule has 0 spiro atoms. The highest BCUT2D eigenvalue weighted by atomic mass is 32.2. The Hall–Kier alpha value is -3.82. The molecule has 39 heavy (non-hydrogen) atoms. The van der Waals surface area contributed by atoms with E-state index in [9.17, 15) is 22.8 Å². The van der Waals surface area contributed by atoms with Crippen LogP contribution in [0, 0.1) is 0 Å². The summed E-state index contributed by atoms with van der Waals surface area (Å²) in [5.74, 6) is -1.29. The number of carbonyl (C=O) groups excluding carboxylic acids is 3. The second-order valence-electron chi connectivity index (χ2n) is 9.86. The number of fused-ring (bicyclic) bond motifs is 1. The topological polar surface area (TPSA) is 101 Å². The normalized spacial score (nSPS) is 18.1. The molecular weight excluding hydrogens is 516 g/mol. The molecule has 202 valence electrons. The molecule has 1 fully saturated rings. The Morgan fingerprint density at radius 1 is 1.00 bits per heavy atom. The molecule has 1 heterocycles. The number of nitrogens with zero attached hydrogens (tertiary/aromatic N) is 2. The fraction of sp³-hybridized carbons (Fsp3) is 0.300. The van der Waals surface area contributed by atoms with E-state index in [0.717, 1.165) is 41.4 Å². The molecule has 9 heteroatoms. The lowest BCUT2D eigenvalue weighted by atomic mass is 9.97. The van der Waals surface area contributed by atoms with Crippen molar-refractivity contribution in [3.05, 3.63) is 78.4 Å². The summed E-state index contributed by atoms with van der Waals surface area (Å²) in [6.07, 6.45) is 6.44. The Morgan fingerprint density at radius 3 is 2.44 bits per heavy atom. The number of anilines is 1. The summed E-state index contributed by atoms with van der Waals surface area (Å²) in [6.45, 7) is 1.38. The van der Waals surface area contributed by atoms with Gasteiger partial charge in [0.05, 0.1) is 17.0 Å². The lowest BCUT2D eigenvalue weighted by molar-refractivity contribution is -0.132. The number of hydrogen-bond acceptors (Lipinski definition) is 6. The molecule has 0 aromatic heterocycles. The largest absolute Gasteiger partial charge is 0.427 e. The molecule has 2 amide bonds. The average Bonchev–Trinajstić information content (AvgIpc) is 3.22. The van der Waals surface area contributed by atoms with E-state index in [1.54, 1.807) is 18.2 Å². The molecule has 5 rings (SSSR count). The highest BCUT2D eigenvalue weighted by Crippen LogP contribution is 2.32. The first kappa shape index (κ1) is 26.8. The Morgan fingerprint density at radius 2 is 1.74 bits per heavy atom. The van der Waals surface area contributed by atoms with E-state index in [0.29, 0.717) is 12.1 Å². The van der Waals surface area contributed by atoms with Crippen molar-refractivity contribution in [2.24, 2.45) is 0 Å². The molecule has 3 aromatic carbocycles. The van der Waals surface area contributed by atoms with Crippen LogP contribution in [0.3, 0.4) is 0 Å². The van der Waals surface area contributed by atoms with Gasteiger partial charge >= 0.3 is 5.97 Å². The molecule has 3 aromatic rings. The highest BCUT2D eigenvalue weighted by molar-refractivity contribution is 7.89. The predicted molar refractivity (Wildman–Crippen MR) is 148 cm³/mol. The van der Waals surface area contributed by atoms with Gasteiger partial charge in [0.25, 0.3) is 5.91 Å². The monoisotopic (exact) mass is 546 g/mol. The van der Waals surface area contributed by atoms with Crippen molar-refractivity contribution >= 4 is 44.3 Å². The van der Waals surface area contributed by atoms with Crippen LogP contribution < -0.4 is 9.64 Å². The van der Waals surface area contributed by atoms with Gasteiger partial charge < -0.3 is 4.74 Å². The van der Waals surface area contributed by atoms with Gasteiger partial charge in [0, 0.05) is 13.5 Å². The van der Waals surface area contributed by atoms with E-state index < -0.39 is 33.8 Å². The zero-order chi connectivity index (χ0) is 27.6. The summed E-state index contributed by atoms with van der Waals surface area (Å²) in [5, 5.41) is 1.68. The summed E-state index contributed by atoms with van der Waals surface area (Å²) >= 11 is 0. The van der Waals surface area contributed by atoms with E-state index >= 15 is 0 Å². The van der Waals surface area contributed by atoms with Gasteiger partial charge in [0.2, 0.25) is 15.9 Å². The first-order chi connectivity index (χ1) is 18.7. The maximum absolute atomic E-state index is 14.1. The fourth-order valence-electron chi connectivity index (χ4n) is 5.23. The highest BCUT2D eigenvalue weighted by Gasteiger charge is 2.46. The van der Waals surface area contributed by atoms with Crippen LogP contribution in [0.25, 0.3) is 10.8 Å². The average molecular weight is 547 g/mol. The molecule has 1 unspecified atom stereocenters. The van der Waals surface area contributed by atoms with Gasteiger partial charge in [0.15, 0.2) is 0 Å². The van der Waals surface area contributed by atoms with E-state index in [-0.39, 0.29) is 23.6 Å². The van der Waals surface area contributed by atoms with Crippen LogP contribution in [0.2, 0.25) is 0 Å². The maximum atomic E-state index is 14.1. The quantitative estimate of drug-likeness (QED) is 0.171. The summed E-state index contributed by atoms with van der Waals surface area (Å²) in [4.78, 5) is 39.1. The van der Waals surface area contributed by atoms with Gasteiger partial charge in [-0.15, -0.1) is 0 Å². The van der Waals surface area contributed by atoms with Crippen LogP contribution >= 0.6 is 0 Å². The molecule has 0 bridgehead atoms. The zero-order valence-electron chi connectivity index (χ0n) is 21.7. The van der Waals surface area contributed by atoms with Crippen LogP contribution in [0.5, 0.6) is 5.75 Å². The molecule has 8 nitrogen and oxygen atoms in total. The van der Waals surface area contributed by atoms with Gasteiger partial charge in [-0.25, -0.2) is 13.3 Å². The minimum Gasteiger partial charge on any atom is -0.427 e. The van der Waals surface area contributed by atoms with Crippen molar-refractivity contribution in [2.75, 3.05) is 11.4 Å². The van der Waals surface area contributed by atoms with Gasteiger partial charge in [-0.2, -0.15) is 4.31 Å². The second kappa shape index (κ2) is 11.1. The number of rotatable bonds is 8. The van der Waals surface area contributed by atoms with Gasteiger partial charge in [-0.3, -0.25) is 14.4 Å². The first-order valence-corrected chi connectivity index (χ1v) is 14.5. The Labute approximate surface area is 227 Å². The number of esters is 1. The minimum atomic E-state index is -4.11. The van der Waals surface area contributed by atoms with E-state index in [4.69, 9.17) is 4.74 Å². The Balaban J connectivity index is 1.47. The smallest absolute Gasteiger partial charge is 0.308 e. The van der Waals surface area contributed by atoms with Crippen LogP contribution in [-0.2, 0) is 24.4 Å². The van der Waals surface area contributed by atoms with E-state index in [1.807, 2.05) is 24.3 Å². The van der Waals surface area contributed by atoms with Crippen LogP contribution in [0.1, 0.15) is 45.4 Å². The summed E-state index contributed by atoms with van der Waals surface area (Å²) in [6, 6.07) is 17.2. The number of hydrogen-bond donors (Lipinski definition) is 0. The molecule has 0 saturated carbocycles. The van der Waals surface area contributed by atoms with Crippen LogP contribution in [-0.4, -0.2) is 43.1 Å². The fourth-order valence-corrected chi connectivity index (χ4v) is 6.85. The number of amides is 2. The van der Waals surface area contributed by atoms with Crippen molar-refractivity contribution in [1.29, 1.82) is 0 Å². The number of allylic oxidation sites excluding steroid dienone is 1. The molecule has 1 saturated heterocycles. The van der Waals surface area contributed by atoms with Crippen molar-refractivity contribution in [2.45, 2.75) is 56.4 Å². The third kappa shape index (κ3) is 5.65. The number of carbonyl (C=O) groups is 3. The van der Waals surface area contributed by atoms with Crippen molar-refractivity contribution in [3.63, 3.8) is 0 Å². The van der Waals surface area contributed by atoms with Crippen molar-refractivity contribution < 1.29 is 27.5 Å². The third-order valence-corrected chi connectivity index (χ3v) is 9.10. The number of imide groups is 1. The summed E-state index contributed by atoms with van der Waals surface area (Å²) in [7, 11) is -4.11. The summed E-state index contributed by atoms with van der Waals surface area (Å²) in [5.41, 5.74) is 1.47. The molecule has 2 aliphatic rings. The van der Waals surface area contributed by atoms with Gasteiger partial charge in [0.1, 0.15) is 11.8 Å². The molecule has 1 atom stereocenters. The molecule has 1 aliphatic carbocycles. The molecule has 0 radical (unpaired) electrons.